The first-order valence-corrected chi connectivity index (χ1v) is 7.35. The van der Waals surface area contributed by atoms with E-state index in [1.807, 2.05) is 0 Å². The Kier molecular flexibility index (Phi) is 7.49. The fourth-order valence-electron chi connectivity index (χ4n) is 1.59. The predicted octanol–water partition coefficient (Wildman–Crippen LogP) is 4.61. The van der Waals surface area contributed by atoms with E-state index < -0.39 is 24.0 Å². The van der Waals surface area contributed by atoms with Crippen LogP contribution < -0.4 is 15.8 Å². The van der Waals surface area contributed by atoms with Gasteiger partial charge < -0.3 is 15.8 Å². The summed E-state index contributed by atoms with van der Waals surface area (Å²) in [5.41, 5.74) is 4.89. The number of rotatable bonds is 4. The molecule has 0 saturated heterocycles. The van der Waals surface area contributed by atoms with Crippen LogP contribution in [0.3, 0.4) is 0 Å². The van der Waals surface area contributed by atoms with Crippen LogP contribution in [-0.2, 0) is 12.7 Å². The number of hydrogen-bond donors (Lipinski definition) is 2. The van der Waals surface area contributed by atoms with Crippen LogP contribution in [0.1, 0.15) is 10.7 Å². The number of thiazole rings is 1. The number of nitrogens with one attached hydrogen (secondary N) is 1. The molecule has 0 bridgehead atoms. The molecule has 1 aromatic heterocycles. The lowest BCUT2D eigenvalue weighted by Gasteiger charge is -2.10. The molecule has 5 nitrogen and oxygen atoms in total. The zero-order valence-electron chi connectivity index (χ0n) is 12.6. The quantitative estimate of drug-likeness (QED) is 0.272. The molecule has 0 spiro atoms. The van der Waals surface area contributed by atoms with Crippen molar-refractivity contribution in [3.63, 3.8) is 0 Å². The Morgan fingerprint density at radius 3 is 2.27 bits per heavy atom. The zero-order chi connectivity index (χ0) is 18.7. The van der Waals surface area contributed by atoms with Crippen LogP contribution in [0.5, 0.6) is 5.75 Å². The van der Waals surface area contributed by atoms with Crippen molar-refractivity contribution in [2.75, 3.05) is 5.32 Å². The SMILES string of the molecule is I.NC(=NCc1nc(C(F)(F)F)cs1)Nc1ccc(OC(F)(F)F)cc1. The molecule has 2 rings (SSSR count). The monoisotopic (exact) mass is 512 g/mol. The Morgan fingerprint density at radius 1 is 1.15 bits per heavy atom. The van der Waals surface area contributed by atoms with Crippen LogP contribution in [0.4, 0.5) is 32.0 Å². The Balaban J connectivity index is 0.00000338. The average molecular weight is 512 g/mol. The molecule has 0 aliphatic rings. The van der Waals surface area contributed by atoms with E-state index in [1.54, 1.807) is 0 Å². The molecule has 0 aliphatic carbocycles. The van der Waals surface area contributed by atoms with Gasteiger partial charge in [-0.2, -0.15) is 13.2 Å². The summed E-state index contributed by atoms with van der Waals surface area (Å²) in [5.74, 6) is -0.538. The smallest absolute Gasteiger partial charge is 0.406 e. The first-order valence-electron chi connectivity index (χ1n) is 6.47. The van der Waals surface area contributed by atoms with Gasteiger partial charge in [-0.25, -0.2) is 9.98 Å². The highest BCUT2D eigenvalue weighted by Crippen LogP contribution is 2.30. The van der Waals surface area contributed by atoms with E-state index >= 15 is 0 Å². The van der Waals surface area contributed by atoms with E-state index in [-0.39, 0.29) is 41.5 Å². The zero-order valence-corrected chi connectivity index (χ0v) is 15.7. The molecule has 2 aromatic rings. The second kappa shape index (κ2) is 8.75. The van der Waals surface area contributed by atoms with Gasteiger partial charge >= 0.3 is 12.5 Å². The Hall–Kier alpha value is -1.77. The first kappa shape index (κ1) is 22.3. The Labute approximate surface area is 164 Å². The first-order chi connectivity index (χ1) is 11.5. The van der Waals surface area contributed by atoms with E-state index in [0.717, 1.165) is 28.8 Å². The lowest BCUT2D eigenvalue weighted by molar-refractivity contribution is -0.274. The van der Waals surface area contributed by atoms with E-state index in [2.05, 4.69) is 20.0 Å². The minimum absolute atomic E-state index is 0. The number of benzene rings is 1. The number of aliphatic imine (C=N–C) groups is 1. The van der Waals surface area contributed by atoms with Gasteiger partial charge in [0.2, 0.25) is 0 Å². The molecule has 0 saturated carbocycles. The molecule has 0 aliphatic heterocycles. The van der Waals surface area contributed by atoms with Crippen molar-refractivity contribution in [1.82, 2.24) is 4.98 Å². The molecule has 1 heterocycles. The largest absolute Gasteiger partial charge is 0.573 e. The lowest BCUT2D eigenvalue weighted by atomic mass is 10.3. The second-order valence-corrected chi connectivity index (χ2v) is 5.47. The summed E-state index contributed by atoms with van der Waals surface area (Å²) in [6, 6.07) is 4.68. The number of alkyl halides is 6. The number of hydrogen-bond acceptors (Lipinski definition) is 4. The van der Waals surface area contributed by atoms with E-state index in [1.165, 1.54) is 12.1 Å². The van der Waals surface area contributed by atoms with Crippen molar-refractivity contribution in [1.29, 1.82) is 0 Å². The average Bonchev–Trinajstić information content (AvgIpc) is 2.95. The van der Waals surface area contributed by atoms with Crippen molar-refractivity contribution < 1.29 is 31.1 Å². The maximum atomic E-state index is 12.4. The van der Waals surface area contributed by atoms with Crippen molar-refractivity contribution in [2.45, 2.75) is 19.1 Å². The van der Waals surface area contributed by atoms with E-state index in [0.29, 0.717) is 5.69 Å². The maximum absolute atomic E-state index is 12.4. The molecule has 0 amide bonds. The number of nitrogens with zero attached hydrogens (tertiary/aromatic N) is 2. The highest BCUT2D eigenvalue weighted by molar-refractivity contribution is 14.0. The van der Waals surface area contributed by atoms with Crippen LogP contribution in [0.2, 0.25) is 0 Å². The standard InChI is InChI=1S/C13H10F6N4OS.HI/c14-12(15,16)9-6-25-10(23-9)5-21-11(20)22-7-1-3-8(4-2-7)24-13(17,18)19;/h1-4,6H,5H2,(H3,20,21,22);1H. The van der Waals surface area contributed by atoms with Gasteiger partial charge in [-0.1, -0.05) is 0 Å². The number of aromatic nitrogens is 1. The van der Waals surface area contributed by atoms with Crippen LogP contribution in [0, 0.1) is 0 Å². The molecule has 0 radical (unpaired) electrons. The molecule has 3 N–H and O–H groups in total. The number of halogens is 7. The molecule has 144 valence electrons. The van der Waals surface area contributed by atoms with Crippen molar-refractivity contribution >= 4 is 47.0 Å². The third kappa shape index (κ3) is 7.23. The van der Waals surface area contributed by atoms with Crippen LogP contribution in [-0.4, -0.2) is 17.3 Å². The van der Waals surface area contributed by atoms with Gasteiger partial charge in [0.05, 0.1) is 6.54 Å². The predicted molar refractivity (Wildman–Crippen MR) is 94.6 cm³/mol. The maximum Gasteiger partial charge on any atom is 0.573 e. The third-order valence-electron chi connectivity index (χ3n) is 2.59. The lowest BCUT2D eigenvalue weighted by Crippen LogP contribution is -2.22. The number of guanidine groups is 1. The van der Waals surface area contributed by atoms with E-state index in [9.17, 15) is 26.3 Å². The highest BCUT2D eigenvalue weighted by atomic mass is 127. The van der Waals surface area contributed by atoms with E-state index in [4.69, 9.17) is 5.73 Å². The summed E-state index contributed by atoms with van der Waals surface area (Å²) >= 11 is 0.787. The molecule has 13 heteroatoms. The Morgan fingerprint density at radius 2 is 1.77 bits per heavy atom. The topological polar surface area (TPSA) is 72.5 Å². The summed E-state index contributed by atoms with van der Waals surface area (Å²) in [5, 5.41) is 3.57. The summed E-state index contributed by atoms with van der Waals surface area (Å²) in [7, 11) is 0. The summed E-state index contributed by atoms with van der Waals surface area (Å²) in [6.45, 7) is -0.172. The normalized spacial score (nSPS) is 12.5. The van der Waals surface area contributed by atoms with Crippen molar-refractivity contribution in [2.24, 2.45) is 10.7 Å². The number of ether oxygens (including phenoxy) is 1. The molecule has 0 atom stereocenters. The van der Waals surface area contributed by atoms with Gasteiger partial charge in [-0.05, 0) is 24.3 Å². The van der Waals surface area contributed by atoms with Gasteiger partial charge in [0.15, 0.2) is 11.7 Å². The highest BCUT2D eigenvalue weighted by Gasteiger charge is 2.33. The number of nitrogens with two attached hydrogens (primary N) is 1. The fraction of sp³-hybridized carbons (Fsp3) is 0.231. The minimum Gasteiger partial charge on any atom is -0.406 e. The van der Waals surface area contributed by atoms with Gasteiger partial charge in [0.25, 0.3) is 0 Å². The summed E-state index contributed by atoms with van der Waals surface area (Å²) in [4.78, 5) is 7.21. The van der Waals surface area contributed by atoms with Crippen molar-refractivity contribution in [3.8, 4) is 5.75 Å². The summed E-state index contributed by atoms with van der Waals surface area (Å²) < 4.78 is 77.1. The van der Waals surface area contributed by atoms with Gasteiger partial charge in [0, 0.05) is 11.1 Å². The minimum atomic E-state index is -4.79. The molecule has 26 heavy (non-hydrogen) atoms. The van der Waals surface area contributed by atoms with Crippen LogP contribution in [0.25, 0.3) is 0 Å². The fourth-order valence-corrected chi connectivity index (χ4v) is 2.32. The van der Waals surface area contributed by atoms with Crippen molar-refractivity contribution in [3.05, 3.63) is 40.3 Å². The number of anilines is 1. The molecule has 1 aromatic carbocycles. The van der Waals surface area contributed by atoms with Crippen LogP contribution in [0.15, 0.2) is 34.6 Å². The van der Waals surface area contributed by atoms with Crippen LogP contribution >= 0.6 is 35.3 Å². The molecule has 0 unspecified atom stereocenters. The Bertz CT molecular complexity index is 744. The second-order valence-electron chi connectivity index (χ2n) is 4.52. The third-order valence-corrected chi connectivity index (χ3v) is 3.42. The summed E-state index contributed by atoms with van der Waals surface area (Å²) in [6.07, 6.45) is -9.32. The molecular formula is C13H11F6IN4OS. The molecular weight excluding hydrogens is 501 g/mol. The van der Waals surface area contributed by atoms with Gasteiger partial charge in [0.1, 0.15) is 10.8 Å². The molecule has 0 fully saturated rings. The van der Waals surface area contributed by atoms with Gasteiger partial charge in [-0.15, -0.1) is 48.5 Å². The van der Waals surface area contributed by atoms with Gasteiger partial charge in [-0.3, -0.25) is 0 Å².